The minimum atomic E-state index is -4.87. The van der Waals surface area contributed by atoms with Crippen LogP contribution in [-0.4, -0.2) is 46.4 Å². The second-order valence-corrected chi connectivity index (χ2v) is 9.47. The van der Waals surface area contributed by atoms with Crippen LogP contribution in [0.4, 0.5) is 13.2 Å². The molecular formula is C26H24F3N3O6S. The van der Waals surface area contributed by atoms with E-state index < -0.39 is 35.2 Å². The smallest absolute Gasteiger partial charge is 0.431 e. The van der Waals surface area contributed by atoms with E-state index in [1.165, 1.54) is 26.4 Å². The first kappa shape index (κ1) is 28.0. The molecule has 0 aliphatic rings. The number of aromatic nitrogens is 3. The lowest BCUT2D eigenvalue weighted by molar-refractivity contribution is -0.149. The number of halogens is 3. The molecule has 0 amide bonds. The van der Waals surface area contributed by atoms with E-state index in [0.29, 0.717) is 42.3 Å². The highest BCUT2D eigenvalue weighted by atomic mass is 32.1. The standard InChI is InChI=1S/C26H24F3N3O6S/c1-14-5-7-18(38-19(9-10-36-3)24(34)37-4)16(11-14)23-17-12-15(6-8-20(17)39-30-23)32-22(33)13-21(26(27,28)29)31(2)25(32)35/h5-8,11-13,19H,9-10H2,1-4H3. The largest absolute Gasteiger partial charge is 0.478 e. The van der Waals surface area contributed by atoms with Gasteiger partial charge in [0.25, 0.3) is 5.56 Å². The van der Waals surface area contributed by atoms with Crippen molar-refractivity contribution < 1.29 is 32.2 Å². The van der Waals surface area contributed by atoms with Gasteiger partial charge in [-0.05, 0) is 48.8 Å². The number of hydrogen-bond donors (Lipinski definition) is 0. The van der Waals surface area contributed by atoms with E-state index >= 15 is 0 Å². The van der Waals surface area contributed by atoms with Crippen LogP contribution in [0, 0.1) is 6.92 Å². The Morgan fingerprint density at radius 2 is 1.85 bits per heavy atom. The molecule has 0 radical (unpaired) electrons. The Kier molecular flexibility index (Phi) is 7.93. The van der Waals surface area contributed by atoms with Crippen molar-refractivity contribution in [1.29, 1.82) is 0 Å². The molecule has 1 atom stereocenters. The predicted octanol–water partition coefficient (Wildman–Crippen LogP) is 4.10. The third-order valence-electron chi connectivity index (χ3n) is 6.03. The molecule has 2 aromatic heterocycles. The van der Waals surface area contributed by atoms with Crippen LogP contribution in [0.2, 0.25) is 0 Å². The average Bonchev–Trinajstić information content (AvgIpc) is 3.31. The normalized spacial score (nSPS) is 12.5. The molecule has 0 spiro atoms. The first-order chi connectivity index (χ1) is 18.5. The molecule has 4 aromatic rings. The number of fused-ring (bicyclic) bond motifs is 1. The molecule has 2 aromatic carbocycles. The fourth-order valence-corrected chi connectivity index (χ4v) is 4.83. The molecule has 39 heavy (non-hydrogen) atoms. The number of alkyl halides is 3. The van der Waals surface area contributed by atoms with Gasteiger partial charge in [0.15, 0.2) is 6.10 Å². The highest BCUT2D eigenvalue weighted by Crippen LogP contribution is 2.38. The van der Waals surface area contributed by atoms with E-state index in [2.05, 4.69) is 4.37 Å². The number of aryl methyl sites for hydroxylation is 1. The van der Waals surface area contributed by atoms with Crippen LogP contribution in [0.15, 0.2) is 52.1 Å². The molecule has 0 N–H and O–H groups in total. The van der Waals surface area contributed by atoms with Crippen LogP contribution in [0.5, 0.6) is 5.75 Å². The minimum Gasteiger partial charge on any atom is -0.478 e. The molecule has 0 saturated heterocycles. The Labute approximate surface area is 224 Å². The van der Waals surface area contributed by atoms with E-state index in [1.54, 1.807) is 18.2 Å². The van der Waals surface area contributed by atoms with Gasteiger partial charge in [-0.3, -0.25) is 9.36 Å². The fourth-order valence-electron chi connectivity index (χ4n) is 4.06. The Morgan fingerprint density at radius 3 is 2.51 bits per heavy atom. The minimum absolute atomic E-state index is 0.0749. The lowest BCUT2D eigenvalue weighted by atomic mass is 10.0. The van der Waals surface area contributed by atoms with Gasteiger partial charge in [-0.2, -0.15) is 17.5 Å². The molecule has 0 saturated carbocycles. The molecule has 0 fully saturated rings. The first-order valence-corrected chi connectivity index (χ1v) is 12.4. The van der Waals surface area contributed by atoms with Gasteiger partial charge < -0.3 is 14.2 Å². The summed E-state index contributed by atoms with van der Waals surface area (Å²) in [5.41, 5.74) is -1.67. The quantitative estimate of drug-likeness (QED) is 0.298. The Hall–Kier alpha value is -3.97. The molecular weight excluding hydrogens is 539 g/mol. The Morgan fingerprint density at radius 1 is 1.10 bits per heavy atom. The van der Waals surface area contributed by atoms with Crippen molar-refractivity contribution in [3.8, 4) is 22.7 Å². The van der Waals surface area contributed by atoms with E-state index in [-0.39, 0.29) is 18.7 Å². The van der Waals surface area contributed by atoms with Gasteiger partial charge in [-0.15, -0.1) is 0 Å². The van der Waals surface area contributed by atoms with Crippen LogP contribution in [0.1, 0.15) is 17.7 Å². The number of esters is 1. The van der Waals surface area contributed by atoms with Crippen molar-refractivity contribution in [3.05, 3.63) is 74.6 Å². The summed E-state index contributed by atoms with van der Waals surface area (Å²) in [4.78, 5) is 37.8. The maximum atomic E-state index is 13.3. The monoisotopic (exact) mass is 563 g/mol. The third-order valence-corrected chi connectivity index (χ3v) is 6.86. The summed E-state index contributed by atoms with van der Waals surface area (Å²) in [6, 6.07) is 10.3. The summed E-state index contributed by atoms with van der Waals surface area (Å²) in [7, 11) is 3.71. The third kappa shape index (κ3) is 5.59. The Bertz CT molecular complexity index is 1660. The number of ether oxygens (including phenoxy) is 3. The van der Waals surface area contributed by atoms with Crippen LogP contribution in [0.25, 0.3) is 27.0 Å². The summed E-state index contributed by atoms with van der Waals surface area (Å²) >= 11 is 1.15. The summed E-state index contributed by atoms with van der Waals surface area (Å²) < 4.78 is 62.1. The second kappa shape index (κ2) is 11.0. The lowest BCUT2D eigenvalue weighted by Crippen LogP contribution is -2.40. The van der Waals surface area contributed by atoms with Gasteiger partial charge in [-0.1, -0.05) is 11.6 Å². The van der Waals surface area contributed by atoms with Gasteiger partial charge >= 0.3 is 17.8 Å². The first-order valence-electron chi connectivity index (χ1n) is 11.6. The SMILES string of the molecule is COCCC(Oc1ccc(C)cc1-c1nsc2ccc(-n3c(=O)cc(C(F)(F)F)n(C)c3=O)cc12)C(=O)OC. The summed E-state index contributed by atoms with van der Waals surface area (Å²) in [6.45, 7) is 2.11. The van der Waals surface area contributed by atoms with Crippen molar-refractivity contribution in [2.75, 3.05) is 20.8 Å². The molecule has 0 aliphatic carbocycles. The number of benzene rings is 2. The van der Waals surface area contributed by atoms with Gasteiger partial charge in [0.2, 0.25) is 0 Å². The lowest BCUT2D eigenvalue weighted by Gasteiger charge is -2.19. The number of hydrogen-bond acceptors (Lipinski definition) is 8. The number of rotatable bonds is 8. The topological polar surface area (TPSA) is 102 Å². The van der Waals surface area contributed by atoms with Crippen LogP contribution < -0.4 is 16.0 Å². The van der Waals surface area contributed by atoms with Crippen molar-refractivity contribution in [2.45, 2.75) is 25.6 Å². The zero-order chi connectivity index (χ0) is 28.5. The molecule has 0 aliphatic heterocycles. The summed E-state index contributed by atoms with van der Waals surface area (Å²) in [5, 5.41) is 0.535. The van der Waals surface area contributed by atoms with Crippen LogP contribution >= 0.6 is 11.5 Å². The molecule has 1 unspecified atom stereocenters. The molecule has 2 heterocycles. The maximum absolute atomic E-state index is 13.3. The van der Waals surface area contributed by atoms with E-state index in [0.717, 1.165) is 24.1 Å². The highest BCUT2D eigenvalue weighted by Gasteiger charge is 2.35. The van der Waals surface area contributed by atoms with Gasteiger partial charge in [0.1, 0.15) is 11.4 Å². The molecule has 4 rings (SSSR count). The van der Waals surface area contributed by atoms with Crippen LogP contribution in [-0.2, 0) is 27.5 Å². The van der Waals surface area contributed by atoms with E-state index in [1.807, 2.05) is 13.0 Å². The van der Waals surface area contributed by atoms with Crippen molar-refractivity contribution in [2.24, 2.45) is 7.05 Å². The van der Waals surface area contributed by atoms with Gasteiger partial charge in [0, 0.05) is 37.6 Å². The van der Waals surface area contributed by atoms with Crippen molar-refractivity contribution >= 4 is 27.6 Å². The van der Waals surface area contributed by atoms with Crippen molar-refractivity contribution in [3.63, 3.8) is 0 Å². The number of carbonyl (C=O) groups excluding carboxylic acids is 1. The average molecular weight is 564 g/mol. The predicted molar refractivity (Wildman–Crippen MR) is 139 cm³/mol. The van der Waals surface area contributed by atoms with E-state index in [4.69, 9.17) is 14.2 Å². The van der Waals surface area contributed by atoms with Gasteiger partial charge in [-0.25, -0.2) is 14.2 Å². The second-order valence-electron chi connectivity index (χ2n) is 8.66. The zero-order valence-corrected chi connectivity index (χ0v) is 22.2. The zero-order valence-electron chi connectivity index (χ0n) is 21.4. The number of carbonyl (C=O) groups is 1. The van der Waals surface area contributed by atoms with Gasteiger partial charge in [0.05, 0.1) is 29.8 Å². The number of methoxy groups -OCH3 is 2. The number of nitrogens with zero attached hydrogens (tertiary/aromatic N) is 3. The van der Waals surface area contributed by atoms with Crippen molar-refractivity contribution in [1.82, 2.24) is 13.5 Å². The summed E-state index contributed by atoms with van der Waals surface area (Å²) in [5.74, 6) is -0.242. The Balaban J connectivity index is 1.86. The molecule has 206 valence electrons. The summed E-state index contributed by atoms with van der Waals surface area (Å²) in [6.07, 6.45) is -5.59. The van der Waals surface area contributed by atoms with E-state index in [9.17, 15) is 27.6 Å². The highest BCUT2D eigenvalue weighted by molar-refractivity contribution is 7.13. The maximum Gasteiger partial charge on any atom is 0.431 e. The molecule has 13 heteroatoms. The molecule has 0 bridgehead atoms. The fraction of sp³-hybridized carbons (Fsp3) is 0.308. The molecule has 9 nitrogen and oxygen atoms in total. The van der Waals surface area contributed by atoms with Crippen LogP contribution in [0.3, 0.4) is 0 Å².